The van der Waals surface area contributed by atoms with Crippen molar-refractivity contribution < 1.29 is 9.84 Å². The second-order valence-electron chi connectivity index (χ2n) is 4.53. The summed E-state index contributed by atoms with van der Waals surface area (Å²) in [6.45, 7) is 1.94. The maximum absolute atomic E-state index is 12.0. The van der Waals surface area contributed by atoms with E-state index in [2.05, 4.69) is 9.97 Å². The molecule has 106 valence electrons. The van der Waals surface area contributed by atoms with Gasteiger partial charge in [-0.05, 0) is 12.0 Å². The number of benzene rings is 1. The third-order valence-corrected chi connectivity index (χ3v) is 3.10. The molecule has 0 amide bonds. The molecule has 0 aliphatic carbocycles. The first-order chi connectivity index (χ1) is 9.67. The van der Waals surface area contributed by atoms with Crippen LogP contribution in [0.4, 0.5) is 0 Å². The van der Waals surface area contributed by atoms with Crippen LogP contribution in [-0.4, -0.2) is 22.2 Å². The van der Waals surface area contributed by atoms with Gasteiger partial charge in [0, 0.05) is 7.11 Å². The lowest BCUT2D eigenvalue weighted by atomic mass is 10.1. The summed E-state index contributed by atoms with van der Waals surface area (Å²) in [7, 11) is 1.54. The van der Waals surface area contributed by atoms with Crippen LogP contribution in [0.1, 0.15) is 36.4 Å². The van der Waals surface area contributed by atoms with Gasteiger partial charge in [-0.15, -0.1) is 0 Å². The highest BCUT2D eigenvalue weighted by atomic mass is 16.5. The first kappa shape index (κ1) is 14.3. The second kappa shape index (κ2) is 6.34. The molecule has 0 saturated carbocycles. The van der Waals surface area contributed by atoms with Gasteiger partial charge in [0.25, 0.3) is 5.56 Å². The highest BCUT2D eigenvalue weighted by Gasteiger charge is 2.19. The molecule has 0 bridgehead atoms. The Hall–Kier alpha value is -2.14. The summed E-state index contributed by atoms with van der Waals surface area (Å²) in [5.41, 5.74) is 0.868. The van der Waals surface area contributed by atoms with Gasteiger partial charge < -0.3 is 14.8 Å². The number of rotatable bonds is 5. The summed E-state index contributed by atoms with van der Waals surface area (Å²) in [4.78, 5) is 18.8. The molecule has 20 heavy (non-hydrogen) atoms. The lowest BCUT2D eigenvalue weighted by Crippen LogP contribution is -2.20. The van der Waals surface area contributed by atoms with Gasteiger partial charge in [0.1, 0.15) is 11.9 Å². The number of nitrogens with zero attached hydrogens (tertiary/aromatic N) is 1. The van der Waals surface area contributed by atoms with E-state index in [1.165, 1.54) is 7.11 Å². The minimum absolute atomic E-state index is 0.219. The van der Waals surface area contributed by atoms with Crippen molar-refractivity contribution in [3.63, 3.8) is 0 Å². The van der Waals surface area contributed by atoms with Crippen molar-refractivity contribution in [2.45, 2.75) is 25.9 Å². The summed E-state index contributed by atoms with van der Waals surface area (Å²) < 4.78 is 5.39. The molecule has 1 aromatic carbocycles. The van der Waals surface area contributed by atoms with Crippen molar-refractivity contribution in [2.75, 3.05) is 7.11 Å². The van der Waals surface area contributed by atoms with Crippen LogP contribution in [0.5, 0.6) is 5.88 Å². The Kier molecular flexibility index (Phi) is 4.53. The van der Waals surface area contributed by atoms with Crippen molar-refractivity contribution in [1.29, 1.82) is 0 Å². The number of methoxy groups -OCH3 is 1. The Morgan fingerprint density at radius 2 is 2.05 bits per heavy atom. The molecule has 1 heterocycles. The first-order valence-electron chi connectivity index (χ1n) is 6.57. The van der Waals surface area contributed by atoms with E-state index in [0.717, 1.165) is 12.0 Å². The van der Waals surface area contributed by atoms with Crippen LogP contribution >= 0.6 is 0 Å². The normalized spacial score (nSPS) is 12.3. The quantitative estimate of drug-likeness (QED) is 0.876. The number of hydrogen-bond donors (Lipinski definition) is 2. The zero-order valence-electron chi connectivity index (χ0n) is 11.6. The zero-order valence-corrected chi connectivity index (χ0v) is 11.6. The van der Waals surface area contributed by atoms with Crippen molar-refractivity contribution in [1.82, 2.24) is 9.97 Å². The monoisotopic (exact) mass is 274 g/mol. The lowest BCUT2D eigenvalue weighted by Gasteiger charge is -2.15. The molecule has 5 nitrogen and oxygen atoms in total. The summed E-state index contributed by atoms with van der Waals surface area (Å²) in [5, 5.41) is 9.91. The maximum atomic E-state index is 12.0. The summed E-state index contributed by atoms with van der Waals surface area (Å²) >= 11 is 0. The molecular formula is C15H18N2O3. The van der Waals surface area contributed by atoms with Crippen LogP contribution in [-0.2, 0) is 11.2 Å². The third-order valence-electron chi connectivity index (χ3n) is 3.10. The van der Waals surface area contributed by atoms with Crippen molar-refractivity contribution in [3.05, 3.63) is 57.6 Å². The molecule has 5 heteroatoms. The van der Waals surface area contributed by atoms with Crippen LogP contribution in [0, 0.1) is 0 Å². The minimum Gasteiger partial charge on any atom is -0.493 e. The number of aromatic hydroxyl groups is 1. The zero-order chi connectivity index (χ0) is 14.5. The van der Waals surface area contributed by atoms with Crippen LogP contribution in [0.15, 0.2) is 35.1 Å². The Balaban J connectivity index is 2.44. The van der Waals surface area contributed by atoms with Gasteiger partial charge in [-0.3, -0.25) is 4.79 Å². The molecule has 0 spiro atoms. The highest BCUT2D eigenvalue weighted by Crippen LogP contribution is 2.23. The van der Waals surface area contributed by atoms with Gasteiger partial charge in [-0.1, -0.05) is 43.7 Å². The fraction of sp³-hybridized carbons (Fsp3) is 0.333. The van der Waals surface area contributed by atoms with E-state index in [-0.39, 0.29) is 11.4 Å². The summed E-state index contributed by atoms with van der Waals surface area (Å²) in [5.74, 6) is 0.0876. The molecule has 2 N–H and O–H groups in total. The van der Waals surface area contributed by atoms with Crippen LogP contribution in [0.2, 0.25) is 0 Å². The molecule has 0 fully saturated rings. The second-order valence-corrected chi connectivity index (χ2v) is 4.53. The Labute approximate surface area is 117 Å². The van der Waals surface area contributed by atoms with E-state index in [1.54, 1.807) is 0 Å². The number of hydrogen-bond acceptors (Lipinski definition) is 4. The van der Waals surface area contributed by atoms with Crippen LogP contribution < -0.4 is 5.56 Å². The molecule has 0 aliphatic rings. The van der Waals surface area contributed by atoms with E-state index in [4.69, 9.17) is 4.74 Å². The van der Waals surface area contributed by atoms with Crippen molar-refractivity contribution >= 4 is 0 Å². The molecule has 1 aromatic heterocycles. The van der Waals surface area contributed by atoms with Crippen molar-refractivity contribution in [3.8, 4) is 5.88 Å². The standard InChI is InChI=1S/C15H18N2O3/c1-3-7-11-14(18)16-13(17-15(11)19)12(20-2)10-8-5-4-6-9-10/h4-6,8-9,12H,3,7H2,1-2H3,(H2,16,17,18,19). The summed E-state index contributed by atoms with van der Waals surface area (Å²) in [6.07, 6.45) is 0.757. The van der Waals surface area contributed by atoms with E-state index in [9.17, 15) is 9.90 Å². The number of nitrogens with one attached hydrogen (secondary N) is 1. The largest absolute Gasteiger partial charge is 0.493 e. The molecular weight excluding hydrogens is 256 g/mol. The molecule has 1 unspecified atom stereocenters. The highest BCUT2D eigenvalue weighted by molar-refractivity contribution is 5.27. The molecule has 2 aromatic rings. The summed E-state index contributed by atoms with van der Waals surface area (Å²) in [6, 6.07) is 9.42. The average molecular weight is 274 g/mol. The van der Waals surface area contributed by atoms with E-state index in [0.29, 0.717) is 17.8 Å². The van der Waals surface area contributed by atoms with Gasteiger partial charge in [-0.25, -0.2) is 0 Å². The van der Waals surface area contributed by atoms with Gasteiger partial charge in [0.05, 0.1) is 5.56 Å². The van der Waals surface area contributed by atoms with Gasteiger partial charge in [0.15, 0.2) is 0 Å². The van der Waals surface area contributed by atoms with Gasteiger partial charge in [-0.2, -0.15) is 4.98 Å². The smallest absolute Gasteiger partial charge is 0.258 e. The Morgan fingerprint density at radius 1 is 1.35 bits per heavy atom. The number of aromatic nitrogens is 2. The molecule has 2 rings (SSSR count). The van der Waals surface area contributed by atoms with Gasteiger partial charge in [0.2, 0.25) is 5.88 Å². The van der Waals surface area contributed by atoms with Crippen LogP contribution in [0.25, 0.3) is 0 Å². The molecule has 0 aliphatic heterocycles. The maximum Gasteiger partial charge on any atom is 0.258 e. The Bertz CT molecular complexity index is 623. The topological polar surface area (TPSA) is 75.2 Å². The van der Waals surface area contributed by atoms with Crippen molar-refractivity contribution in [2.24, 2.45) is 0 Å². The predicted octanol–water partition coefficient (Wildman–Crippen LogP) is 2.16. The minimum atomic E-state index is -0.509. The SMILES string of the molecule is CCCc1c(O)nc(C(OC)c2ccccc2)[nH]c1=O. The molecule has 0 radical (unpaired) electrons. The van der Waals surface area contributed by atoms with Crippen LogP contribution in [0.3, 0.4) is 0 Å². The molecule has 0 saturated heterocycles. The van der Waals surface area contributed by atoms with E-state index < -0.39 is 6.10 Å². The number of ether oxygens (including phenoxy) is 1. The first-order valence-corrected chi connectivity index (χ1v) is 6.57. The molecule has 1 atom stereocenters. The Morgan fingerprint density at radius 3 is 2.60 bits per heavy atom. The average Bonchev–Trinajstić information content (AvgIpc) is 2.45. The fourth-order valence-electron chi connectivity index (χ4n) is 2.14. The third kappa shape index (κ3) is 2.88. The lowest BCUT2D eigenvalue weighted by molar-refractivity contribution is 0.128. The fourth-order valence-corrected chi connectivity index (χ4v) is 2.14. The predicted molar refractivity (Wildman–Crippen MR) is 75.8 cm³/mol. The number of aromatic amines is 1. The number of H-pyrrole nitrogens is 1. The van der Waals surface area contributed by atoms with Gasteiger partial charge >= 0.3 is 0 Å². The van der Waals surface area contributed by atoms with E-state index in [1.807, 2.05) is 37.3 Å². The van der Waals surface area contributed by atoms with E-state index >= 15 is 0 Å².